The standard InChI is InChI=1S/C16H12F2N2O3S/c17-12-4-5-13(18)16(8-12)24(21,22)20-10-11-3-6-14(19-9-11)15-2-1-7-23-15/h1-9,20H,10H2. The van der Waals surface area contributed by atoms with E-state index in [2.05, 4.69) is 9.71 Å². The van der Waals surface area contributed by atoms with Crippen LogP contribution < -0.4 is 4.72 Å². The highest BCUT2D eigenvalue weighted by atomic mass is 32.2. The second-order valence-corrected chi connectivity index (χ2v) is 6.66. The first-order chi connectivity index (χ1) is 11.5. The highest BCUT2D eigenvalue weighted by Crippen LogP contribution is 2.18. The Kier molecular flexibility index (Phi) is 4.41. The molecule has 0 aliphatic heterocycles. The lowest BCUT2D eigenvalue weighted by Gasteiger charge is -2.08. The zero-order valence-corrected chi connectivity index (χ0v) is 13.1. The number of furan rings is 1. The van der Waals surface area contributed by atoms with Gasteiger partial charge in [0.1, 0.15) is 22.2 Å². The summed E-state index contributed by atoms with van der Waals surface area (Å²) >= 11 is 0. The molecule has 3 rings (SSSR count). The van der Waals surface area contributed by atoms with Crippen LogP contribution in [-0.4, -0.2) is 13.4 Å². The molecule has 0 spiro atoms. The lowest BCUT2D eigenvalue weighted by molar-refractivity contribution is 0.545. The molecular formula is C16H12F2N2O3S. The van der Waals surface area contributed by atoms with Gasteiger partial charge in [0.25, 0.3) is 0 Å². The predicted molar refractivity (Wildman–Crippen MR) is 82.3 cm³/mol. The summed E-state index contributed by atoms with van der Waals surface area (Å²) in [7, 11) is -4.18. The first kappa shape index (κ1) is 16.3. The normalized spacial score (nSPS) is 11.6. The molecule has 1 aromatic carbocycles. The lowest BCUT2D eigenvalue weighted by Crippen LogP contribution is -2.24. The maximum absolute atomic E-state index is 13.6. The second kappa shape index (κ2) is 6.50. The van der Waals surface area contributed by atoms with Gasteiger partial charge in [0.05, 0.1) is 6.26 Å². The van der Waals surface area contributed by atoms with E-state index in [1.54, 1.807) is 24.3 Å². The summed E-state index contributed by atoms with van der Waals surface area (Å²) in [5.74, 6) is -1.26. The number of pyridine rings is 1. The van der Waals surface area contributed by atoms with Gasteiger partial charge < -0.3 is 4.42 Å². The maximum Gasteiger partial charge on any atom is 0.243 e. The van der Waals surface area contributed by atoms with Crippen molar-refractivity contribution in [2.75, 3.05) is 0 Å². The smallest absolute Gasteiger partial charge is 0.243 e. The van der Waals surface area contributed by atoms with E-state index in [0.717, 1.165) is 12.1 Å². The molecule has 124 valence electrons. The molecule has 5 nitrogen and oxygen atoms in total. The second-order valence-electron chi connectivity index (χ2n) is 4.93. The number of benzene rings is 1. The molecule has 0 radical (unpaired) electrons. The Morgan fingerprint density at radius 3 is 2.62 bits per heavy atom. The van der Waals surface area contributed by atoms with E-state index in [-0.39, 0.29) is 6.54 Å². The molecular weight excluding hydrogens is 338 g/mol. The van der Waals surface area contributed by atoms with Gasteiger partial charge in [-0.25, -0.2) is 21.9 Å². The molecule has 0 saturated carbocycles. The molecule has 8 heteroatoms. The predicted octanol–water partition coefficient (Wildman–Crippen LogP) is 3.10. The number of nitrogens with one attached hydrogen (secondary N) is 1. The van der Waals surface area contributed by atoms with Gasteiger partial charge in [0, 0.05) is 12.7 Å². The van der Waals surface area contributed by atoms with Gasteiger partial charge in [-0.05, 0) is 42.0 Å². The zero-order chi connectivity index (χ0) is 17.2. The molecule has 1 N–H and O–H groups in total. The van der Waals surface area contributed by atoms with Crippen LogP contribution >= 0.6 is 0 Å². The van der Waals surface area contributed by atoms with Crippen molar-refractivity contribution in [3.05, 3.63) is 72.1 Å². The minimum absolute atomic E-state index is 0.107. The summed E-state index contributed by atoms with van der Waals surface area (Å²) in [6, 6.07) is 9.07. The van der Waals surface area contributed by atoms with Crippen molar-refractivity contribution in [3.63, 3.8) is 0 Å². The van der Waals surface area contributed by atoms with Gasteiger partial charge in [0.2, 0.25) is 10.0 Å². The van der Waals surface area contributed by atoms with E-state index < -0.39 is 26.6 Å². The summed E-state index contributed by atoms with van der Waals surface area (Å²) < 4.78 is 58.3. The summed E-state index contributed by atoms with van der Waals surface area (Å²) in [6.45, 7) is -0.107. The van der Waals surface area contributed by atoms with Gasteiger partial charge >= 0.3 is 0 Å². The van der Waals surface area contributed by atoms with E-state index in [4.69, 9.17) is 4.42 Å². The number of aromatic nitrogens is 1. The summed E-state index contributed by atoms with van der Waals surface area (Å²) in [5.41, 5.74) is 1.16. The zero-order valence-electron chi connectivity index (χ0n) is 12.2. The van der Waals surface area contributed by atoms with Crippen LogP contribution in [0.4, 0.5) is 8.78 Å². The molecule has 2 aromatic heterocycles. The quantitative estimate of drug-likeness (QED) is 0.767. The molecule has 3 aromatic rings. The Labute approximate surface area is 137 Å². The van der Waals surface area contributed by atoms with Crippen molar-refractivity contribution < 1.29 is 21.6 Å². The van der Waals surface area contributed by atoms with Gasteiger partial charge in [0.15, 0.2) is 5.76 Å². The topological polar surface area (TPSA) is 72.2 Å². The summed E-state index contributed by atoms with van der Waals surface area (Å²) in [5, 5.41) is 0. The third-order valence-corrected chi connectivity index (χ3v) is 4.66. The first-order valence-corrected chi connectivity index (χ1v) is 8.37. The van der Waals surface area contributed by atoms with Crippen molar-refractivity contribution in [2.24, 2.45) is 0 Å². The Morgan fingerprint density at radius 1 is 1.12 bits per heavy atom. The van der Waals surface area contributed by atoms with Gasteiger partial charge in [-0.2, -0.15) is 0 Å². The Bertz CT molecular complexity index is 940. The first-order valence-electron chi connectivity index (χ1n) is 6.89. The summed E-state index contributed by atoms with van der Waals surface area (Å²) in [4.78, 5) is 3.43. The van der Waals surface area contributed by atoms with Gasteiger partial charge in [-0.15, -0.1) is 0 Å². The minimum atomic E-state index is -4.18. The molecule has 24 heavy (non-hydrogen) atoms. The average molecular weight is 350 g/mol. The largest absolute Gasteiger partial charge is 0.463 e. The van der Waals surface area contributed by atoms with Crippen molar-refractivity contribution in [3.8, 4) is 11.5 Å². The molecule has 0 aliphatic rings. The average Bonchev–Trinajstić information content (AvgIpc) is 3.10. The maximum atomic E-state index is 13.6. The SMILES string of the molecule is O=S(=O)(NCc1ccc(-c2ccco2)nc1)c1cc(F)ccc1F. The number of nitrogens with zero attached hydrogens (tertiary/aromatic N) is 1. The van der Waals surface area contributed by atoms with Crippen molar-refractivity contribution in [1.82, 2.24) is 9.71 Å². The Balaban J connectivity index is 1.74. The fourth-order valence-corrected chi connectivity index (χ4v) is 3.14. The van der Waals surface area contributed by atoms with Crippen LogP contribution in [0, 0.1) is 11.6 Å². The number of sulfonamides is 1. The van der Waals surface area contributed by atoms with Crippen LogP contribution in [0.15, 0.2) is 64.2 Å². The fourth-order valence-electron chi connectivity index (χ4n) is 2.04. The highest BCUT2D eigenvalue weighted by molar-refractivity contribution is 7.89. The number of hydrogen-bond acceptors (Lipinski definition) is 4. The van der Waals surface area contributed by atoms with E-state index in [1.807, 2.05) is 0 Å². The van der Waals surface area contributed by atoms with E-state index in [9.17, 15) is 17.2 Å². The Hall–Kier alpha value is -2.58. The van der Waals surface area contributed by atoms with Crippen molar-refractivity contribution >= 4 is 10.0 Å². The number of halogens is 2. The highest BCUT2D eigenvalue weighted by Gasteiger charge is 2.19. The van der Waals surface area contributed by atoms with Crippen LogP contribution in [0.25, 0.3) is 11.5 Å². The van der Waals surface area contributed by atoms with Crippen LogP contribution in [0.5, 0.6) is 0 Å². The third-order valence-electron chi connectivity index (χ3n) is 3.25. The number of rotatable bonds is 5. The molecule has 0 unspecified atom stereocenters. The van der Waals surface area contributed by atoms with E-state index >= 15 is 0 Å². The van der Waals surface area contributed by atoms with Crippen molar-refractivity contribution in [1.29, 1.82) is 0 Å². The number of hydrogen-bond donors (Lipinski definition) is 1. The molecule has 0 atom stereocenters. The van der Waals surface area contributed by atoms with Crippen LogP contribution in [0.2, 0.25) is 0 Å². The fraction of sp³-hybridized carbons (Fsp3) is 0.0625. The molecule has 0 amide bonds. The van der Waals surface area contributed by atoms with Crippen LogP contribution in [0.1, 0.15) is 5.56 Å². The molecule has 0 aliphatic carbocycles. The van der Waals surface area contributed by atoms with Gasteiger partial charge in [-0.3, -0.25) is 4.98 Å². The lowest BCUT2D eigenvalue weighted by atomic mass is 10.2. The van der Waals surface area contributed by atoms with Gasteiger partial charge in [-0.1, -0.05) is 6.07 Å². The monoisotopic (exact) mass is 350 g/mol. The molecule has 0 saturated heterocycles. The molecule has 0 fully saturated rings. The van der Waals surface area contributed by atoms with E-state index in [0.29, 0.717) is 23.1 Å². The van der Waals surface area contributed by atoms with E-state index in [1.165, 1.54) is 12.5 Å². The summed E-state index contributed by atoms with van der Waals surface area (Å²) in [6.07, 6.45) is 2.99. The third kappa shape index (κ3) is 3.50. The van der Waals surface area contributed by atoms with Crippen LogP contribution in [-0.2, 0) is 16.6 Å². The molecule has 2 heterocycles. The van der Waals surface area contributed by atoms with Crippen molar-refractivity contribution in [2.45, 2.75) is 11.4 Å². The minimum Gasteiger partial charge on any atom is -0.463 e. The Morgan fingerprint density at radius 2 is 1.96 bits per heavy atom. The van der Waals surface area contributed by atoms with Crippen LogP contribution in [0.3, 0.4) is 0 Å². The molecule has 0 bridgehead atoms.